The van der Waals surface area contributed by atoms with Crippen molar-refractivity contribution in [2.24, 2.45) is 5.92 Å². The van der Waals surface area contributed by atoms with Crippen molar-refractivity contribution in [1.29, 1.82) is 0 Å². The lowest BCUT2D eigenvalue weighted by molar-refractivity contribution is -0.116. The van der Waals surface area contributed by atoms with E-state index >= 15 is 0 Å². The van der Waals surface area contributed by atoms with Gasteiger partial charge in [0, 0.05) is 25.2 Å². The lowest BCUT2D eigenvalue weighted by Gasteiger charge is -2.32. The summed E-state index contributed by atoms with van der Waals surface area (Å²) in [5.74, 6) is 1.31. The van der Waals surface area contributed by atoms with E-state index in [1.165, 1.54) is 11.3 Å². The molecule has 1 aromatic carbocycles. The topological polar surface area (TPSA) is 58.6 Å². The zero-order valence-corrected chi connectivity index (χ0v) is 17.6. The smallest absolute Gasteiger partial charge is 0.264 e. The number of carbonyl (C=O) groups is 2. The highest BCUT2D eigenvalue weighted by molar-refractivity contribution is 7.12. The molecular formula is C22H28N2O3S. The first-order valence-corrected chi connectivity index (χ1v) is 10.6. The van der Waals surface area contributed by atoms with Crippen molar-refractivity contribution >= 4 is 28.8 Å². The lowest BCUT2D eigenvalue weighted by atomic mass is 9.93. The van der Waals surface area contributed by atoms with E-state index in [9.17, 15) is 9.59 Å². The molecule has 1 saturated heterocycles. The van der Waals surface area contributed by atoms with Gasteiger partial charge in [0.2, 0.25) is 5.91 Å². The summed E-state index contributed by atoms with van der Waals surface area (Å²) in [7, 11) is 1.63. The molecule has 2 heterocycles. The number of hydrogen-bond acceptors (Lipinski definition) is 4. The molecule has 1 aromatic heterocycles. The molecule has 28 heavy (non-hydrogen) atoms. The number of amides is 2. The summed E-state index contributed by atoms with van der Waals surface area (Å²) in [6, 6.07) is 7.62. The SMILES string of the molecule is COc1ccc(NC(=O)CCC2CCCN(C(=O)c3sccc3C)C2)c(C)c1. The van der Waals surface area contributed by atoms with Crippen molar-refractivity contribution in [1.82, 2.24) is 4.90 Å². The Kier molecular flexibility index (Phi) is 6.73. The molecule has 1 atom stereocenters. The summed E-state index contributed by atoms with van der Waals surface area (Å²) in [4.78, 5) is 27.9. The average Bonchev–Trinajstić information content (AvgIpc) is 3.13. The standard InChI is InChI=1S/C22H28N2O3S/c1-15-10-12-28-21(15)22(26)24-11-4-5-17(14-24)6-9-20(25)23-19-8-7-18(27-3)13-16(19)2/h7-8,10,12-13,17H,4-6,9,11,14H2,1-3H3,(H,23,25). The Hall–Kier alpha value is -2.34. The third-order valence-corrected chi connectivity index (χ3v) is 6.35. The van der Waals surface area contributed by atoms with Crippen LogP contribution in [0.1, 0.15) is 46.5 Å². The third-order valence-electron chi connectivity index (χ3n) is 5.35. The Morgan fingerprint density at radius 3 is 2.75 bits per heavy atom. The Morgan fingerprint density at radius 2 is 2.07 bits per heavy atom. The molecule has 3 rings (SSSR count). The van der Waals surface area contributed by atoms with Crippen LogP contribution in [0.2, 0.25) is 0 Å². The molecule has 2 aromatic rings. The summed E-state index contributed by atoms with van der Waals surface area (Å²) >= 11 is 1.51. The first kappa shape index (κ1) is 20.4. The Bertz CT molecular complexity index is 846. The van der Waals surface area contributed by atoms with Crippen molar-refractivity contribution in [2.75, 3.05) is 25.5 Å². The molecule has 0 bridgehead atoms. The largest absolute Gasteiger partial charge is 0.497 e. The molecule has 2 amide bonds. The number of nitrogens with one attached hydrogen (secondary N) is 1. The van der Waals surface area contributed by atoms with E-state index in [2.05, 4.69) is 5.32 Å². The van der Waals surface area contributed by atoms with Crippen molar-refractivity contribution in [3.05, 3.63) is 45.6 Å². The second-order valence-electron chi connectivity index (χ2n) is 7.46. The van der Waals surface area contributed by atoms with Gasteiger partial charge >= 0.3 is 0 Å². The van der Waals surface area contributed by atoms with Crippen molar-refractivity contribution < 1.29 is 14.3 Å². The maximum absolute atomic E-state index is 12.7. The number of likely N-dealkylation sites (tertiary alicyclic amines) is 1. The van der Waals surface area contributed by atoms with Crippen molar-refractivity contribution in [2.45, 2.75) is 39.5 Å². The van der Waals surface area contributed by atoms with Gasteiger partial charge in [0.1, 0.15) is 5.75 Å². The van der Waals surface area contributed by atoms with Gasteiger partial charge in [-0.25, -0.2) is 0 Å². The molecule has 1 fully saturated rings. The van der Waals surface area contributed by atoms with Gasteiger partial charge in [-0.1, -0.05) is 0 Å². The van der Waals surface area contributed by atoms with Gasteiger partial charge in [-0.15, -0.1) is 11.3 Å². The zero-order chi connectivity index (χ0) is 20.1. The van der Waals surface area contributed by atoms with E-state index in [-0.39, 0.29) is 11.8 Å². The fourth-order valence-electron chi connectivity index (χ4n) is 3.67. The number of carbonyl (C=O) groups excluding carboxylic acids is 2. The molecule has 1 unspecified atom stereocenters. The van der Waals surface area contributed by atoms with Gasteiger partial charge < -0.3 is 15.0 Å². The molecular weight excluding hydrogens is 372 g/mol. The summed E-state index contributed by atoms with van der Waals surface area (Å²) in [6.07, 6.45) is 3.34. The Morgan fingerprint density at radius 1 is 1.25 bits per heavy atom. The number of thiophene rings is 1. The maximum Gasteiger partial charge on any atom is 0.264 e. The van der Waals surface area contributed by atoms with E-state index in [0.29, 0.717) is 12.3 Å². The molecule has 1 aliphatic rings. The summed E-state index contributed by atoms with van der Waals surface area (Å²) in [5, 5.41) is 4.96. The van der Waals surface area contributed by atoms with Crippen LogP contribution in [0.25, 0.3) is 0 Å². The molecule has 0 radical (unpaired) electrons. The first-order chi connectivity index (χ1) is 13.5. The van der Waals surface area contributed by atoms with Crippen molar-refractivity contribution in [3.8, 4) is 5.75 Å². The van der Waals surface area contributed by atoms with Crippen LogP contribution >= 0.6 is 11.3 Å². The summed E-state index contributed by atoms with van der Waals surface area (Å²) < 4.78 is 5.20. The molecule has 1 aliphatic heterocycles. The number of aryl methyl sites for hydroxylation is 2. The minimum atomic E-state index is 0.0193. The third kappa shape index (κ3) is 4.93. The quantitative estimate of drug-likeness (QED) is 0.768. The monoisotopic (exact) mass is 400 g/mol. The van der Waals surface area contributed by atoms with Crippen LogP contribution in [0.5, 0.6) is 5.75 Å². The molecule has 1 N–H and O–H groups in total. The first-order valence-electron chi connectivity index (χ1n) is 9.75. The highest BCUT2D eigenvalue weighted by Gasteiger charge is 2.26. The van der Waals surface area contributed by atoms with E-state index in [1.807, 2.05) is 48.4 Å². The predicted octanol–water partition coefficient (Wildman–Crippen LogP) is 4.64. The van der Waals surface area contributed by atoms with Crippen LogP contribution in [0.4, 0.5) is 5.69 Å². The highest BCUT2D eigenvalue weighted by Crippen LogP contribution is 2.26. The number of piperidine rings is 1. The molecule has 150 valence electrons. The number of benzene rings is 1. The van der Waals surface area contributed by atoms with E-state index < -0.39 is 0 Å². The average molecular weight is 401 g/mol. The molecule has 0 saturated carbocycles. The number of hydrogen-bond donors (Lipinski definition) is 1. The molecule has 5 nitrogen and oxygen atoms in total. The summed E-state index contributed by atoms with van der Waals surface area (Å²) in [6.45, 7) is 5.49. The van der Waals surface area contributed by atoms with Gasteiger partial charge in [-0.05, 0) is 79.8 Å². The van der Waals surface area contributed by atoms with E-state index in [1.54, 1.807) is 7.11 Å². The lowest BCUT2D eigenvalue weighted by Crippen LogP contribution is -2.40. The van der Waals surface area contributed by atoms with Gasteiger partial charge in [0.25, 0.3) is 5.91 Å². The second kappa shape index (κ2) is 9.24. The molecule has 6 heteroatoms. The fraction of sp³-hybridized carbons (Fsp3) is 0.455. The van der Waals surface area contributed by atoms with Crippen LogP contribution in [0.15, 0.2) is 29.6 Å². The van der Waals surface area contributed by atoms with Crippen LogP contribution in [-0.2, 0) is 4.79 Å². The second-order valence-corrected chi connectivity index (χ2v) is 8.38. The van der Waals surface area contributed by atoms with Gasteiger partial charge in [-0.3, -0.25) is 9.59 Å². The summed E-state index contributed by atoms with van der Waals surface area (Å²) in [5.41, 5.74) is 2.85. The predicted molar refractivity (Wildman–Crippen MR) is 113 cm³/mol. The van der Waals surface area contributed by atoms with Gasteiger partial charge in [-0.2, -0.15) is 0 Å². The van der Waals surface area contributed by atoms with Crippen LogP contribution in [0.3, 0.4) is 0 Å². The zero-order valence-electron chi connectivity index (χ0n) is 16.8. The van der Waals surface area contributed by atoms with Crippen LogP contribution < -0.4 is 10.1 Å². The van der Waals surface area contributed by atoms with E-state index in [4.69, 9.17) is 4.74 Å². The highest BCUT2D eigenvalue weighted by atomic mass is 32.1. The van der Waals surface area contributed by atoms with E-state index in [0.717, 1.165) is 59.8 Å². The van der Waals surface area contributed by atoms with Gasteiger partial charge in [0.05, 0.1) is 12.0 Å². The maximum atomic E-state index is 12.7. The fourth-order valence-corrected chi connectivity index (χ4v) is 4.56. The van der Waals surface area contributed by atoms with Crippen molar-refractivity contribution in [3.63, 3.8) is 0 Å². The number of ether oxygens (including phenoxy) is 1. The normalized spacial score (nSPS) is 16.7. The molecule has 0 aliphatic carbocycles. The number of anilines is 1. The minimum absolute atomic E-state index is 0.0193. The number of rotatable bonds is 6. The Labute approximate surface area is 170 Å². The number of methoxy groups -OCH3 is 1. The van der Waals surface area contributed by atoms with Crippen LogP contribution in [0, 0.1) is 19.8 Å². The molecule has 0 spiro atoms. The Balaban J connectivity index is 1.51. The van der Waals surface area contributed by atoms with Crippen LogP contribution in [-0.4, -0.2) is 36.9 Å². The minimum Gasteiger partial charge on any atom is -0.497 e. The van der Waals surface area contributed by atoms with Gasteiger partial charge in [0.15, 0.2) is 0 Å². The number of nitrogens with zero attached hydrogens (tertiary/aromatic N) is 1.